The summed E-state index contributed by atoms with van der Waals surface area (Å²) in [6, 6.07) is 15.2. The summed E-state index contributed by atoms with van der Waals surface area (Å²) in [5.41, 5.74) is 5.06. The minimum atomic E-state index is -0.799. The number of hydrogen-bond donors (Lipinski definition) is 0. The summed E-state index contributed by atoms with van der Waals surface area (Å²) in [6.07, 6.45) is 3.49. The zero-order chi connectivity index (χ0) is 20.5. The zero-order valence-corrected chi connectivity index (χ0v) is 18.4. The summed E-state index contributed by atoms with van der Waals surface area (Å²) in [6.45, 7) is 1.79. The Labute approximate surface area is 186 Å². The lowest BCUT2D eigenvalue weighted by molar-refractivity contribution is -0.175. The Morgan fingerprint density at radius 1 is 1.00 bits per heavy atom. The van der Waals surface area contributed by atoms with Gasteiger partial charge in [0.05, 0.1) is 19.8 Å². The Morgan fingerprint density at radius 2 is 1.73 bits per heavy atom. The van der Waals surface area contributed by atoms with E-state index in [1.807, 2.05) is 30.3 Å². The number of likely N-dealkylation sites (N-methyl/N-ethyl adjacent to an activating group) is 1. The largest absolute Gasteiger partial charge is 0.342 e. The molecule has 6 heteroatoms. The molecule has 4 nitrogen and oxygen atoms in total. The van der Waals surface area contributed by atoms with Crippen molar-refractivity contribution in [2.75, 3.05) is 20.3 Å². The van der Waals surface area contributed by atoms with E-state index in [1.165, 1.54) is 35.0 Å². The Kier molecular flexibility index (Phi) is 4.45. The monoisotopic (exact) mass is 442 g/mol. The summed E-state index contributed by atoms with van der Waals surface area (Å²) in [7, 11) is 2.26. The molecule has 3 aliphatic rings. The standard InChI is InChI=1S/C24H24Cl2N2O2/c1-27-18-7-9-21(27)23-19-12-17(26)6-8-20(19)28(22(23)13-18)14-24(29-10-11-30-24)15-2-4-16(25)5-3-15/h2-6,8,12,18,21H,7,9-11,13-14H2,1H3. The molecule has 0 aliphatic carbocycles. The molecular formula is C24H24Cl2N2O2. The van der Waals surface area contributed by atoms with Crippen LogP contribution in [0.15, 0.2) is 42.5 Å². The van der Waals surface area contributed by atoms with Crippen molar-refractivity contribution in [3.8, 4) is 0 Å². The fraction of sp³-hybridized carbons (Fsp3) is 0.417. The van der Waals surface area contributed by atoms with Crippen LogP contribution in [0.5, 0.6) is 0 Å². The first-order valence-corrected chi connectivity index (χ1v) is 11.4. The molecule has 2 bridgehead atoms. The topological polar surface area (TPSA) is 26.6 Å². The van der Waals surface area contributed by atoms with E-state index in [9.17, 15) is 0 Å². The van der Waals surface area contributed by atoms with Gasteiger partial charge in [-0.05, 0) is 55.8 Å². The van der Waals surface area contributed by atoms with Crippen molar-refractivity contribution in [3.63, 3.8) is 0 Å². The highest BCUT2D eigenvalue weighted by Crippen LogP contribution is 2.48. The molecule has 2 atom stereocenters. The molecule has 3 aromatic rings. The third-order valence-electron chi connectivity index (χ3n) is 7.18. The molecule has 2 aromatic carbocycles. The van der Waals surface area contributed by atoms with E-state index in [0.29, 0.717) is 36.9 Å². The maximum absolute atomic E-state index is 6.43. The Hall–Kier alpha value is -1.56. The second kappa shape index (κ2) is 6.98. The van der Waals surface area contributed by atoms with Crippen molar-refractivity contribution in [1.29, 1.82) is 0 Å². The number of hydrogen-bond acceptors (Lipinski definition) is 3. The summed E-state index contributed by atoms with van der Waals surface area (Å²) in [5, 5.41) is 2.76. The van der Waals surface area contributed by atoms with Crippen molar-refractivity contribution >= 4 is 34.1 Å². The average molecular weight is 443 g/mol. The molecule has 156 valence electrons. The van der Waals surface area contributed by atoms with Crippen LogP contribution in [0.2, 0.25) is 10.0 Å². The minimum absolute atomic E-state index is 0.456. The van der Waals surface area contributed by atoms with E-state index in [2.05, 4.69) is 28.6 Å². The van der Waals surface area contributed by atoms with E-state index in [1.54, 1.807) is 0 Å². The highest BCUT2D eigenvalue weighted by molar-refractivity contribution is 6.31. The third-order valence-corrected chi connectivity index (χ3v) is 7.67. The predicted molar refractivity (Wildman–Crippen MR) is 119 cm³/mol. The Morgan fingerprint density at radius 3 is 2.50 bits per heavy atom. The van der Waals surface area contributed by atoms with Crippen LogP contribution in [-0.2, 0) is 28.2 Å². The predicted octanol–water partition coefficient (Wildman–Crippen LogP) is 5.54. The van der Waals surface area contributed by atoms with Gasteiger partial charge in [0.1, 0.15) is 0 Å². The first-order valence-electron chi connectivity index (χ1n) is 10.6. The summed E-state index contributed by atoms with van der Waals surface area (Å²) in [5.74, 6) is -0.799. The van der Waals surface area contributed by atoms with Crippen molar-refractivity contribution < 1.29 is 9.47 Å². The van der Waals surface area contributed by atoms with Crippen LogP contribution in [0.25, 0.3) is 10.9 Å². The lowest BCUT2D eigenvalue weighted by Crippen LogP contribution is -2.37. The smallest absolute Gasteiger partial charge is 0.213 e. The van der Waals surface area contributed by atoms with Crippen molar-refractivity contribution in [2.24, 2.45) is 0 Å². The van der Waals surface area contributed by atoms with Crippen molar-refractivity contribution in [1.82, 2.24) is 9.47 Å². The first kappa shape index (κ1) is 19.1. The number of aromatic nitrogens is 1. The van der Waals surface area contributed by atoms with E-state index >= 15 is 0 Å². The molecule has 0 radical (unpaired) electrons. The molecule has 6 rings (SSSR count). The van der Waals surface area contributed by atoms with Gasteiger partial charge >= 0.3 is 0 Å². The summed E-state index contributed by atoms with van der Waals surface area (Å²) < 4.78 is 15.0. The first-order chi connectivity index (χ1) is 14.6. The minimum Gasteiger partial charge on any atom is -0.342 e. The van der Waals surface area contributed by atoms with Gasteiger partial charge in [-0.25, -0.2) is 0 Å². The lowest BCUT2D eigenvalue weighted by atomic mass is 9.97. The second-order valence-electron chi connectivity index (χ2n) is 8.68. The van der Waals surface area contributed by atoms with Gasteiger partial charge in [0.15, 0.2) is 0 Å². The van der Waals surface area contributed by atoms with E-state index in [-0.39, 0.29) is 0 Å². The number of benzene rings is 2. The SMILES string of the molecule is CN1C2CCC1c1c(n(CC3(c4ccc(Cl)cc4)OCCO3)c3ccc(Cl)cc13)C2. The van der Waals surface area contributed by atoms with Crippen molar-refractivity contribution in [3.05, 3.63) is 69.3 Å². The fourth-order valence-electron chi connectivity index (χ4n) is 5.72. The zero-order valence-electron chi connectivity index (χ0n) is 16.9. The highest BCUT2D eigenvalue weighted by atomic mass is 35.5. The quantitative estimate of drug-likeness (QED) is 0.532. The number of rotatable bonds is 3. The molecule has 1 aromatic heterocycles. The summed E-state index contributed by atoms with van der Waals surface area (Å²) in [4.78, 5) is 2.55. The molecule has 2 fully saturated rings. The van der Waals surface area contributed by atoms with Crippen LogP contribution in [-0.4, -0.2) is 35.8 Å². The number of nitrogens with zero attached hydrogens (tertiary/aromatic N) is 2. The number of fused-ring (bicyclic) bond motifs is 6. The van der Waals surface area contributed by atoms with E-state index in [0.717, 1.165) is 17.0 Å². The molecule has 0 amide bonds. The van der Waals surface area contributed by atoms with Gasteiger partial charge < -0.3 is 14.0 Å². The van der Waals surface area contributed by atoms with Crippen LogP contribution in [0, 0.1) is 0 Å². The molecule has 30 heavy (non-hydrogen) atoms. The Bertz CT molecular complexity index is 1120. The van der Waals surface area contributed by atoms with Gasteiger partial charge in [-0.15, -0.1) is 0 Å². The molecule has 2 unspecified atom stereocenters. The maximum Gasteiger partial charge on any atom is 0.213 e. The van der Waals surface area contributed by atoms with Gasteiger partial charge in [-0.3, -0.25) is 4.90 Å². The molecule has 0 N–H and O–H groups in total. The number of ether oxygens (including phenoxy) is 2. The van der Waals surface area contributed by atoms with Gasteiger partial charge in [0, 0.05) is 50.7 Å². The van der Waals surface area contributed by atoms with Gasteiger partial charge in [0.25, 0.3) is 0 Å². The molecule has 0 saturated carbocycles. The molecule has 0 spiro atoms. The normalized spacial score (nSPS) is 25.2. The molecule has 4 heterocycles. The lowest BCUT2D eigenvalue weighted by Gasteiger charge is -2.34. The molecular weight excluding hydrogens is 419 g/mol. The maximum atomic E-state index is 6.43. The van der Waals surface area contributed by atoms with E-state index in [4.69, 9.17) is 32.7 Å². The molecule has 2 saturated heterocycles. The number of halogens is 2. The Balaban J connectivity index is 1.53. The van der Waals surface area contributed by atoms with E-state index < -0.39 is 5.79 Å². The van der Waals surface area contributed by atoms with Crippen LogP contribution < -0.4 is 0 Å². The van der Waals surface area contributed by atoms with Crippen LogP contribution in [0.1, 0.15) is 35.7 Å². The third kappa shape index (κ3) is 2.78. The molecule has 3 aliphatic heterocycles. The van der Waals surface area contributed by atoms with Crippen LogP contribution in [0.3, 0.4) is 0 Å². The average Bonchev–Trinajstić information content (AvgIpc) is 3.38. The van der Waals surface area contributed by atoms with Crippen molar-refractivity contribution in [2.45, 2.75) is 43.7 Å². The van der Waals surface area contributed by atoms with Gasteiger partial charge in [0.2, 0.25) is 5.79 Å². The summed E-state index contributed by atoms with van der Waals surface area (Å²) >= 11 is 12.6. The van der Waals surface area contributed by atoms with Gasteiger partial charge in [-0.2, -0.15) is 0 Å². The van der Waals surface area contributed by atoms with Gasteiger partial charge in [-0.1, -0.05) is 35.3 Å². The second-order valence-corrected chi connectivity index (χ2v) is 9.55. The fourth-order valence-corrected chi connectivity index (χ4v) is 6.02. The highest BCUT2D eigenvalue weighted by Gasteiger charge is 2.44. The van der Waals surface area contributed by atoms with Crippen LogP contribution >= 0.6 is 23.2 Å². The van der Waals surface area contributed by atoms with Crippen LogP contribution in [0.4, 0.5) is 0 Å².